The second kappa shape index (κ2) is 11.8. The fourth-order valence-electron chi connectivity index (χ4n) is 4.62. The largest absolute Gasteiger partial charge is 0.371 e. The van der Waals surface area contributed by atoms with Gasteiger partial charge in [-0.1, -0.05) is 60.5 Å². The average molecular weight is 561 g/mol. The molecule has 0 bridgehead atoms. The summed E-state index contributed by atoms with van der Waals surface area (Å²) in [6, 6.07) is 20.3. The van der Waals surface area contributed by atoms with Gasteiger partial charge in [-0.3, -0.25) is 9.10 Å². The van der Waals surface area contributed by atoms with E-state index in [2.05, 4.69) is 29.3 Å². The summed E-state index contributed by atoms with van der Waals surface area (Å²) in [7, 11) is -4.06. The van der Waals surface area contributed by atoms with Crippen molar-refractivity contribution < 1.29 is 13.2 Å². The molecular weight excluding hydrogens is 529 g/mol. The summed E-state index contributed by atoms with van der Waals surface area (Å²) in [6.07, 6.45) is 2.45. The van der Waals surface area contributed by atoms with Gasteiger partial charge < -0.3 is 10.2 Å². The highest BCUT2D eigenvalue weighted by molar-refractivity contribution is 7.92. The topological polar surface area (TPSA) is 69.7 Å². The second-order valence-electron chi connectivity index (χ2n) is 9.53. The van der Waals surface area contributed by atoms with Crippen molar-refractivity contribution in [2.75, 3.05) is 28.8 Å². The highest BCUT2D eigenvalue weighted by Gasteiger charge is 2.28. The highest BCUT2D eigenvalue weighted by Crippen LogP contribution is 2.30. The van der Waals surface area contributed by atoms with Crippen LogP contribution in [0, 0.1) is 5.92 Å². The molecule has 1 amide bonds. The van der Waals surface area contributed by atoms with Crippen molar-refractivity contribution in [2.24, 2.45) is 5.92 Å². The third-order valence-corrected chi connectivity index (χ3v) is 8.77. The van der Waals surface area contributed by atoms with E-state index < -0.39 is 22.5 Å². The maximum absolute atomic E-state index is 13.5. The molecule has 1 saturated heterocycles. The van der Waals surface area contributed by atoms with E-state index in [-0.39, 0.29) is 26.7 Å². The molecule has 2 atom stereocenters. The van der Waals surface area contributed by atoms with Crippen LogP contribution in [0.2, 0.25) is 10.0 Å². The standard InChI is InChI=1S/C28H31Cl2N3O3S/c1-20-7-6-14-32(18-20)25-12-10-22(11-13-25)21(2)31-28(34)19-33(26-16-23(29)15-24(30)17-26)37(35,36)27-8-4-3-5-9-27/h3-5,8-13,15-17,20-21H,6-7,14,18-19H2,1-2H3,(H,31,34). The summed E-state index contributed by atoms with van der Waals surface area (Å²) in [5.41, 5.74) is 2.32. The number of benzene rings is 3. The Morgan fingerprint density at radius 1 is 1.05 bits per heavy atom. The van der Waals surface area contributed by atoms with E-state index in [0.29, 0.717) is 5.92 Å². The van der Waals surface area contributed by atoms with Gasteiger partial charge in [0.1, 0.15) is 6.54 Å². The monoisotopic (exact) mass is 559 g/mol. The Bertz CT molecular complexity index is 1310. The number of carbonyl (C=O) groups is 1. The summed E-state index contributed by atoms with van der Waals surface area (Å²) in [5, 5.41) is 3.47. The molecule has 2 unspecified atom stereocenters. The summed E-state index contributed by atoms with van der Waals surface area (Å²) in [6.45, 7) is 5.82. The quantitative estimate of drug-likeness (QED) is 0.351. The number of anilines is 2. The number of hydrogen-bond acceptors (Lipinski definition) is 4. The first-order valence-electron chi connectivity index (χ1n) is 12.3. The Balaban J connectivity index is 1.51. The van der Waals surface area contributed by atoms with Crippen molar-refractivity contribution in [1.82, 2.24) is 5.32 Å². The van der Waals surface area contributed by atoms with Gasteiger partial charge in [-0.25, -0.2) is 8.42 Å². The normalized spacial score (nSPS) is 16.8. The summed E-state index contributed by atoms with van der Waals surface area (Å²) >= 11 is 12.3. The number of nitrogens with zero attached hydrogens (tertiary/aromatic N) is 2. The molecule has 196 valence electrons. The van der Waals surface area contributed by atoms with E-state index in [9.17, 15) is 13.2 Å². The maximum atomic E-state index is 13.5. The van der Waals surface area contributed by atoms with Crippen LogP contribution < -0.4 is 14.5 Å². The van der Waals surface area contributed by atoms with Crippen LogP contribution in [0.4, 0.5) is 11.4 Å². The van der Waals surface area contributed by atoms with Gasteiger partial charge in [-0.2, -0.15) is 0 Å². The Morgan fingerprint density at radius 2 is 1.70 bits per heavy atom. The fraction of sp³-hybridized carbons (Fsp3) is 0.321. The van der Waals surface area contributed by atoms with E-state index in [4.69, 9.17) is 23.2 Å². The molecule has 3 aromatic carbocycles. The molecule has 37 heavy (non-hydrogen) atoms. The summed E-state index contributed by atoms with van der Waals surface area (Å²) in [5.74, 6) is 0.230. The van der Waals surface area contributed by atoms with Crippen molar-refractivity contribution in [1.29, 1.82) is 0 Å². The lowest BCUT2D eigenvalue weighted by Gasteiger charge is -2.33. The van der Waals surface area contributed by atoms with Gasteiger partial charge in [0.15, 0.2) is 0 Å². The molecule has 4 rings (SSSR count). The molecule has 1 heterocycles. The van der Waals surface area contributed by atoms with Crippen LogP contribution in [0.3, 0.4) is 0 Å². The smallest absolute Gasteiger partial charge is 0.264 e. The van der Waals surface area contributed by atoms with Crippen LogP contribution >= 0.6 is 23.2 Å². The maximum Gasteiger partial charge on any atom is 0.264 e. The number of sulfonamides is 1. The number of carbonyl (C=O) groups excluding carboxylic acids is 1. The molecule has 6 nitrogen and oxygen atoms in total. The van der Waals surface area contributed by atoms with Crippen LogP contribution in [0.25, 0.3) is 0 Å². The minimum absolute atomic E-state index is 0.0644. The van der Waals surface area contributed by atoms with E-state index in [1.165, 1.54) is 48.9 Å². The number of halogens is 2. The predicted molar refractivity (Wildman–Crippen MR) is 151 cm³/mol. The molecule has 0 aromatic heterocycles. The van der Waals surface area contributed by atoms with E-state index in [1.54, 1.807) is 18.2 Å². The van der Waals surface area contributed by atoms with E-state index in [1.807, 2.05) is 19.1 Å². The van der Waals surface area contributed by atoms with E-state index in [0.717, 1.165) is 23.0 Å². The Kier molecular flexibility index (Phi) is 8.67. The molecule has 1 aliphatic heterocycles. The Morgan fingerprint density at radius 3 is 2.32 bits per heavy atom. The van der Waals surface area contributed by atoms with Gasteiger partial charge in [0.2, 0.25) is 5.91 Å². The molecule has 1 N–H and O–H groups in total. The lowest BCUT2D eigenvalue weighted by molar-refractivity contribution is -0.120. The number of nitrogens with one attached hydrogen (secondary N) is 1. The first kappa shape index (κ1) is 27.3. The van der Waals surface area contributed by atoms with Crippen molar-refractivity contribution >= 4 is 50.5 Å². The van der Waals surface area contributed by atoms with Crippen LogP contribution in [0.15, 0.2) is 77.7 Å². The average Bonchev–Trinajstić information content (AvgIpc) is 2.87. The SMILES string of the molecule is CC1CCCN(c2ccc(C(C)NC(=O)CN(c3cc(Cl)cc(Cl)c3)S(=O)(=O)c3ccccc3)cc2)C1. The molecule has 1 fully saturated rings. The summed E-state index contributed by atoms with van der Waals surface area (Å²) in [4.78, 5) is 15.6. The van der Waals surface area contributed by atoms with Crippen molar-refractivity contribution in [3.8, 4) is 0 Å². The zero-order valence-electron chi connectivity index (χ0n) is 20.9. The van der Waals surface area contributed by atoms with Crippen LogP contribution in [0.1, 0.15) is 38.3 Å². The van der Waals surface area contributed by atoms with Gasteiger partial charge in [-0.15, -0.1) is 0 Å². The molecule has 1 aliphatic rings. The predicted octanol–water partition coefficient (Wildman–Crippen LogP) is 6.30. The Hall–Kier alpha value is -2.74. The van der Waals surface area contributed by atoms with E-state index >= 15 is 0 Å². The summed E-state index contributed by atoms with van der Waals surface area (Å²) < 4.78 is 28.1. The lowest BCUT2D eigenvalue weighted by atomic mass is 9.99. The molecule has 0 aliphatic carbocycles. The molecular formula is C28H31Cl2N3O3S. The zero-order chi connectivity index (χ0) is 26.6. The molecule has 3 aromatic rings. The Labute approximate surface area is 229 Å². The van der Waals surface area contributed by atoms with Gasteiger partial charge >= 0.3 is 0 Å². The minimum atomic E-state index is -4.06. The van der Waals surface area contributed by atoms with Gasteiger partial charge in [0.25, 0.3) is 10.0 Å². The van der Waals surface area contributed by atoms with Crippen LogP contribution in [-0.4, -0.2) is 34.0 Å². The van der Waals surface area contributed by atoms with Gasteiger partial charge in [0.05, 0.1) is 16.6 Å². The third kappa shape index (κ3) is 6.78. The second-order valence-corrected chi connectivity index (χ2v) is 12.3. The van der Waals surface area contributed by atoms with Gasteiger partial charge in [0, 0.05) is 28.8 Å². The number of hydrogen-bond donors (Lipinski definition) is 1. The van der Waals surface area contributed by atoms with Crippen molar-refractivity contribution in [2.45, 2.75) is 37.6 Å². The molecule has 0 spiro atoms. The molecule has 9 heteroatoms. The molecule has 0 radical (unpaired) electrons. The zero-order valence-corrected chi connectivity index (χ0v) is 23.2. The number of piperidine rings is 1. The lowest BCUT2D eigenvalue weighted by Crippen LogP contribution is -2.41. The highest BCUT2D eigenvalue weighted by atomic mass is 35.5. The van der Waals surface area contributed by atoms with Crippen molar-refractivity contribution in [3.05, 3.63) is 88.4 Å². The van der Waals surface area contributed by atoms with Crippen LogP contribution in [-0.2, 0) is 14.8 Å². The number of rotatable bonds is 8. The molecule has 0 saturated carbocycles. The van der Waals surface area contributed by atoms with Gasteiger partial charge in [-0.05, 0) is 73.7 Å². The first-order valence-corrected chi connectivity index (χ1v) is 14.5. The van der Waals surface area contributed by atoms with Crippen molar-refractivity contribution in [3.63, 3.8) is 0 Å². The first-order chi connectivity index (χ1) is 17.6. The van der Waals surface area contributed by atoms with Crippen LogP contribution in [0.5, 0.6) is 0 Å². The fourth-order valence-corrected chi connectivity index (χ4v) is 6.56. The number of amides is 1. The minimum Gasteiger partial charge on any atom is -0.371 e. The third-order valence-electron chi connectivity index (χ3n) is 6.55.